The van der Waals surface area contributed by atoms with Crippen LogP contribution in [0, 0.1) is 5.92 Å². The molecule has 0 saturated heterocycles. The van der Waals surface area contributed by atoms with Crippen molar-refractivity contribution in [2.45, 2.75) is 79.4 Å². The number of nitrogens with zero attached hydrogens (tertiary/aromatic N) is 1. The van der Waals surface area contributed by atoms with E-state index in [1.54, 1.807) is 0 Å². The summed E-state index contributed by atoms with van der Waals surface area (Å²) >= 11 is 0. The van der Waals surface area contributed by atoms with E-state index >= 15 is 0 Å². The van der Waals surface area contributed by atoms with E-state index in [9.17, 15) is 9.59 Å². The predicted octanol–water partition coefficient (Wildman–Crippen LogP) is 3.02. The summed E-state index contributed by atoms with van der Waals surface area (Å²) in [5.41, 5.74) is -1.02. The Bertz CT molecular complexity index is 515. The number of guanidine groups is 1. The minimum atomic E-state index is -0.544. The number of aliphatic imine (C=N–C) groups is 1. The second-order valence-corrected chi connectivity index (χ2v) is 8.18. The van der Waals surface area contributed by atoms with Gasteiger partial charge in [-0.05, 0) is 40.5 Å². The molecule has 0 heterocycles. The Morgan fingerprint density at radius 1 is 0.966 bits per heavy atom. The standard InChI is InChI=1S/C20H41N5O3.HI/c1-9-20(10-2,25-18(27)28-19(6,7)8)14-24-17(21-11-3)23-13-12-22-16(26)15(4)5;/h15H,9-14H2,1-8H3,(H,22,26)(H,25,27)(H2,21,23,24);1H. The fourth-order valence-electron chi connectivity index (χ4n) is 2.35. The fourth-order valence-corrected chi connectivity index (χ4v) is 2.35. The predicted molar refractivity (Wildman–Crippen MR) is 130 cm³/mol. The minimum absolute atomic E-state index is 0. The molecule has 4 N–H and O–H groups in total. The van der Waals surface area contributed by atoms with Crippen molar-refractivity contribution in [1.82, 2.24) is 21.3 Å². The average molecular weight is 527 g/mol. The molecular weight excluding hydrogens is 485 g/mol. The van der Waals surface area contributed by atoms with Gasteiger partial charge in [-0.3, -0.25) is 9.79 Å². The van der Waals surface area contributed by atoms with Gasteiger partial charge in [0.1, 0.15) is 5.60 Å². The monoisotopic (exact) mass is 527 g/mol. The van der Waals surface area contributed by atoms with E-state index in [-0.39, 0.29) is 35.8 Å². The Labute approximate surface area is 193 Å². The van der Waals surface area contributed by atoms with Crippen LogP contribution in [0.25, 0.3) is 0 Å². The van der Waals surface area contributed by atoms with Crippen molar-refractivity contribution in [1.29, 1.82) is 0 Å². The van der Waals surface area contributed by atoms with Gasteiger partial charge >= 0.3 is 6.09 Å². The number of amides is 2. The highest BCUT2D eigenvalue weighted by Gasteiger charge is 2.30. The highest BCUT2D eigenvalue weighted by atomic mass is 127. The lowest BCUT2D eigenvalue weighted by Crippen LogP contribution is -2.52. The average Bonchev–Trinajstić information content (AvgIpc) is 2.59. The molecule has 0 aliphatic carbocycles. The van der Waals surface area contributed by atoms with Crippen LogP contribution in [-0.2, 0) is 9.53 Å². The van der Waals surface area contributed by atoms with Crippen LogP contribution in [-0.4, -0.2) is 55.3 Å². The van der Waals surface area contributed by atoms with E-state index in [0.29, 0.717) is 25.6 Å². The van der Waals surface area contributed by atoms with Crippen LogP contribution in [0.4, 0.5) is 4.79 Å². The number of carbonyl (C=O) groups excluding carboxylic acids is 2. The molecule has 0 rings (SSSR count). The van der Waals surface area contributed by atoms with Crippen LogP contribution < -0.4 is 21.3 Å². The molecule has 9 heteroatoms. The molecule has 0 aliphatic rings. The van der Waals surface area contributed by atoms with Crippen molar-refractivity contribution in [2.24, 2.45) is 10.9 Å². The number of carbonyl (C=O) groups is 2. The zero-order chi connectivity index (χ0) is 21.8. The van der Waals surface area contributed by atoms with E-state index in [1.807, 2.05) is 55.4 Å². The smallest absolute Gasteiger partial charge is 0.408 e. The lowest BCUT2D eigenvalue weighted by Gasteiger charge is -2.32. The lowest BCUT2D eigenvalue weighted by atomic mass is 9.93. The summed E-state index contributed by atoms with van der Waals surface area (Å²) in [6, 6.07) is 0. The third-order valence-corrected chi connectivity index (χ3v) is 4.24. The Kier molecular flexibility index (Phi) is 15.2. The maximum Gasteiger partial charge on any atom is 0.408 e. The summed E-state index contributed by atoms with van der Waals surface area (Å²) in [6.45, 7) is 17.5. The zero-order valence-corrected chi connectivity index (χ0v) is 21.7. The van der Waals surface area contributed by atoms with Gasteiger partial charge < -0.3 is 26.0 Å². The largest absolute Gasteiger partial charge is 0.444 e. The summed E-state index contributed by atoms with van der Waals surface area (Å²) in [5, 5.41) is 12.3. The Hall–Kier alpha value is -1.26. The van der Waals surface area contributed by atoms with Gasteiger partial charge in [-0.2, -0.15) is 0 Å². The molecule has 0 aliphatic heterocycles. The third kappa shape index (κ3) is 13.6. The molecule has 0 atom stereocenters. The van der Waals surface area contributed by atoms with Crippen molar-refractivity contribution in [2.75, 3.05) is 26.2 Å². The van der Waals surface area contributed by atoms with Gasteiger partial charge in [-0.15, -0.1) is 24.0 Å². The van der Waals surface area contributed by atoms with Crippen molar-refractivity contribution >= 4 is 41.9 Å². The first-order valence-corrected chi connectivity index (χ1v) is 10.3. The van der Waals surface area contributed by atoms with Crippen LogP contribution >= 0.6 is 24.0 Å². The molecule has 29 heavy (non-hydrogen) atoms. The molecule has 0 unspecified atom stereocenters. The number of alkyl carbamates (subject to hydrolysis) is 1. The van der Waals surface area contributed by atoms with E-state index in [1.165, 1.54) is 0 Å². The molecule has 172 valence electrons. The molecule has 0 aromatic heterocycles. The Balaban J connectivity index is 0. The van der Waals surface area contributed by atoms with Crippen molar-refractivity contribution in [3.05, 3.63) is 0 Å². The molecular formula is C20H42IN5O3. The van der Waals surface area contributed by atoms with Gasteiger partial charge in [0.05, 0.1) is 12.1 Å². The Morgan fingerprint density at radius 3 is 1.97 bits per heavy atom. The molecule has 0 bridgehead atoms. The van der Waals surface area contributed by atoms with Crippen LogP contribution in [0.3, 0.4) is 0 Å². The van der Waals surface area contributed by atoms with E-state index in [0.717, 1.165) is 19.4 Å². The van der Waals surface area contributed by atoms with Gasteiger partial charge in [-0.1, -0.05) is 27.7 Å². The summed E-state index contributed by atoms with van der Waals surface area (Å²) < 4.78 is 5.40. The number of rotatable bonds is 10. The Morgan fingerprint density at radius 2 is 1.52 bits per heavy atom. The first-order valence-electron chi connectivity index (χ1n) is 10.3. The SMILES string of the molecule is CCNC(=NCC(CC)(CC)NC(=O)OC(C)(C)C)NCCNC(=O)C(C)C.I. The molecule has 0 saturated carbocycles. The third-order valence-electron chi connectivity index (χ3n) is 4.24. The number of hydrogen-bond acceptors (Lipinski definition) is 4. The van der Waals surface area contributed by atoms with Gasteiger partial charge in [0.2, 0.25) is 5.91 Å². The highest BCUT2D eigenvalue weighted by Crippen LogP contribution is 2.17. The molecule has 0 radical (unpaired) electrons. The first-order chi connectivity index (χ1) is 13.0. The molecule has 8 nitrogen and oxygen atoms in total. The normalized spacial score (nSPS) is 12.1. The van der Waals surface area contributed by atoms with Gasteiger partial charge in [-0.25, -0.2) is 4.79 Å². The maximum atomic E-state index is 12.2. The topological polar surface area (TPSA) is 104 Å². The van der Waals surface area contributed by atoms with E-state index < -0.39 is 17.2 Å². The van der Waals surface area contributed by atoms with Crippen LogP contribution in [0.5, 0.6) is 0 Å². The number of hydrogen-bond donors (Lipinski definition) is 4. The second kappa shape index (κ2) is 14.7. The summed E-state index contributed by atoms with van der Waals surface area (Å²) in [5.74, 6) is 0.649. The molecule has 0 spiro atoms. The van der Waals surface area contributed by atoms with E-state index in [4.69, 9.17) is 4.74 Å². The van der Waals surface area contributed by atoms with Crippen molar-refractivity contribution in [3.63, 3.8) is 0 Å². The van der Waals surface area contributed by atoms with Crippen molar-refractivity contribution < 1.29 is 14.3 Å². The summed E-state index contributed by atoms with van der Waals surface area (Å²) in [7, 11) is 0. The van der Waals surface area contributed by atoms with Gasteiger partial charge in [0.15, 0.2) is 5.96 Å². The van der Waals surface area contributed by atoms with Crippen LogP contribution in [0.2, 0.25) is 0 Å². The lowest BCUT2D eigenvalue weighted by molar-refractivity contribution is -0.123. The zero-order valence-electron chi connectivity index (χ0n) is 19.4. The van der Waals surface area contributed by atoms with Crippen LogP contribution in [0.15, 0.2) is 4.99 Å². The van der Waals surface area contributed by atoms with Crippen molar-refractivity contribution in [3.8, 4) is 0 Å². The maximum absolute atomic E-state index is 12.2. The van der Waals surface area contributed by atoms with Gasteiger partial charge in [0.25, 0.3) is 0 Å². The van der Waals surface area contributed by atoms with Gasteiger partial charge in [0, 0.05) is 25.6 Å². The fraction of sp³-hybridized carbons (Fsp3) is 0.850. The van der Waals surface area contributed by atoms with E-state index in [2.05, 4.69) is 26.3 Å². The number of ether oxygens (including phenoxy) is 1. The van der Waals surface area contributed by atoms with Crippen LogP contribution in [0.1, 0.15) is 68.2 Å². The summed E-state index contributed by atoms with van der Waals surface area (Å²) in [6.07, 6.45) is 1.03. The molecule has 0 aromatic rings. The quantitative estimate of drug-likeness (QED) is 0.151. The molecule has 0 fully saturated rings. The number of nitrogens with one attached hydrogen (secondary N) is 4. The summed E-state index contributed by atoms with van der Waals surface area (Å²) in [4.78, 5) is 28.5. The number of halogens is 1. The molecule has 2 amide bonds. The highest BCUT2D eigenvalue weighted by molar-refractivity contribution is 14.0. The second-order valence-electron chi connectivity index (χ2n) is 8.18. The molecule has 0 aromatic carbocycles. The minimum Gasteiger partial charge on any atom is -0.444 e. The first kappa shape index (κ1) is 29.9.